The zero-order valence-corrected chi connectivity index (χ0v) is 17.4. The number of benzene rings is 2. The minimum absolute atomic E-state index is 0.0000298. The van der Waals surface area contributed by atoms with Gasteiger partial charge in [-0.1, -0.05) is 60.3 Å². The van der Waals surface area contributed by atoms with Crippen molar-refractivity contribution in [2.45, 2.75) is 17.8 Å². The molecule has 2 heterocycles. The lowest BCUT2D eigenvalue weighted by Crippen LogP contribution is -2.46. The third-order valence-electron chi connectivity index (χ3n) is 4.46. The van der Waals surface area contributed by atoms with E-state index in [-0.39, 0.29) is 12.4 Å². The summed E-state index contributed by atoms with van der Waals surface area (Å²) in [5, 5.41) is 11.4. The number of hydrogen-bond donors (Lipinski definition) is 1. The van der Waals surface area contributed by atoms with Crippen molar-refractivity contribution >= 4 is 23.6 Å². The molecule has 1 aromatic heterocycles. The molecule has 0 spiro atoms. The molecule has 3 aromatic rings. The van der Waals surface area contributed by atoms with Crippen molar-refractivity contribution in [1.29, 1.82) is 0 Å². The molecule has 31 heavy (non-hydrogen) atoms. The molecule has 2 amide bonds. The van der Waals surface area contributed by atoms with E-state index in [4.69, 9.17) is 9.47 Å². The Morgan fingerprint density at radius 1 is 1.13 bits per heavy atom. The van der Waals surface area contributed by atoms with Gasteiger partial charge in [0.15, 0.2) is 22.5 Å². The van der Waals surface area contributed by atoms with Crippen LogP contribution in [-0.2, 0) is 16.1 Å². The van der Waals surface area contributed by atoms with Crippen LogP contribution in [0, 0.1) is 0 Å². The van der Waals surface area contributed by atoms with E-state index in [9.17, 15) is 9.59 Å². The summed E-state index contributed by atoms with van der Waals surface area (Å²) >= 11 is 1.19. The first kappa shape index (κ1) is 20.7. The van der Waals surface area contributed by atoms with Crippen molar-refractivity contribution in [3.05, 3.63) is 67.3 Å². The van der Waals surface area contributed by atoms with Crippen molar-refractivity contribution in [3.63, 3.8) is 0 Å². The number of aromatic nitrogens is 3. The second-order valence-corrected chi connectivity index (χ2v) is 7.58. The Kier molecular flexibility index (Phi) is 6.32. The number of amides is 2. The summed E-state index contributed by atoms with van der Waals surface area (Å²) in [6.07, 6.45) is 0.847. The molecule has 0 unspecified atom stereocenters. The molecule has 0 bridgehead atoms. The van der Waals surface area contributed by atoms with Crippen molar-refractivity contribution < 1.29 is 19.1 Å². The predicted molar refractivity (Wildman–Crippen MR) is 116 cm³/mol. The molecule has 4 rings (SSSR count). The number of carbonyl (C=O) groups excluding carboxylic acids is 2. The lowest BCUT2D eigenvalue weighted by atomic mass is 10.2. The topological polar surface area (TPSA) is 95.3 Å². The lowest BCUT2D eigenvalue weighted by Gasteiger charge is -2.25. The second-order valence-electron chi connectivity index (χ2n) is 6.64. The molecule has 1 aliphatic rings. The lowest BCUT2D eigenvalue weighted by molar-refractivity contribution is -0.135. The van der Waals surface area contributed by atoms with Crippen molar-refractivity contribution in [3.8, 4) is 22.9 Å². The Morgan fingerprint density at radius 2 is 1.87 bits per heavy atom. The normalized spacial score (nSPS) is 14.6. The highest BCUT2D eigenvalue weighted by Gasteiger charge is 2.28. The smallest absolute Gasteiger partial charge is 0.271 e. The van der Waals surface area contributed by atoms with Crippen LogP contribution in [0.5, 0.6) is 11.5 Å². The quantitative estimate of drug-likeness (QED) is 0.449. The SMILES string of the molecule is C=CCn1c(SCC(=O)NC(=O)[C@@H]2COc3ccccc3O2)nnc1-c1ccccc1. The van der Waals surface area contributed by atoms with E-state index in [1.54, 1.807) is 24.3 Å². The molecule has 1 N–H and O–H groups in total. The van der Waals surface area contributed by atoms with Gasteiger partial charge < -0.3 is 9.47 Å². The van der Waals surface area contributed by atoms with Gasteiger partial charge in [-0.15, -0.1) is 16.8 Å². The summed E-state index contributed by atoms with van der Waals surface area (Å²) < 4.78 is 13.0. The first-order valence-electron chi connectivity index (χ1n) is 9.60. The van der Waals surface area contributed by atoms with Gasteiger partial charge in [-0.2, -0.15) is 0 Å². The number of rotatable bonds is 7. The van der Waals surface area contributed by atoms with Crippen LogP contribution in [0.3, 0.4) is 0 Å². The largest absolute Gasteiger partial charge is 0.485 e. The predicted octanol–water partition coefficient (Wildman–Crippen LogP) is 2.71. The number of nitrogens with zero attached hydrogens (tertiary/aromatic N) is 3. The van der Waals surface area contributed by atoms with Gasteiger partial charge in [-0.3, -0.25) is 19.5 Å². The fourth-order valence-electron chi connectivity index (χ4n) is 3.02. The van der Waals surface area contributed by atoms with Gasteiger partial charge in [0.05, 0.1) is 5.75 Å². The highest BCUT2D eigenvalue weighted by Crippen LogP contribution is 2.31. The minimum Gasteiger partial charge on any atom is -0.485 e. The van der Waals surface area contributed by atoms with Crippen LogP contribution in [0.4, 0.5) is 0 Å². The van der Waals surface area contributed by atoms with Gasteiger partial charge in [0, 0.05) is 12.1 Å². The summed E-state index contributed by atoms with van der Waals surface area (Å²) in [5.41, 5.74) is 0.915. The Hall–Kier alpha value is -3.59. The zero-order chi connectivity index (χ0) is 21.6. The van der Waals surface area contributed by atoms with Crippen LogP contribution in [0.1, 0.15) is 0 Å². The van der Waals surface area contributed by atoms with E-state index in [2.05, 4.69) is 22.1 Å². The number of imide groups is 1. The number of carbonyl (C=O) groups is 2. The van der Waals surface area contributed by atoms with Crippen LogP contribution < -0.4 is 14.8 Å². The fourth-order valence-corrected chi connectivity index (χ4v) is 3.77. The summed E-state index contributed by atoms with van der Waals surface area (Å²) in [4.78, 5) is 24.7. The van der Waals surface area contributed by atoms with Crippen molar-refractivity contribution in [1.82, 2.24) is 20.1 Å². The van der Waals surface area contributed by atoms with Gasteiger partial charge in [-0.05, 0) is 12.1 Å². The summed E-state index contributed by atoms with van der Waals surface area (Å²) in [5.74, 6) is 0.737. The standard InChI is InChI=1S/C22H20N4O4S/c1-2-12-26-20(15-8-4-3-5-9-15)24-25-22(26)31-14-19(27)23-21(28)18-13-29-16-10-6-7-11-17(16)30-18/h2-11,18H,1,12-14H2,(H,23,27,28)/t18-/m0/s1. The maximum atomic E-state index is 12.4. The number of allylic oxidation sites excluding steroid dienone is 1. The van der Waals surface area contributed by atoms with E-state index >= 15 is 0 Å². The van der Waals surface area contributed by atoms with Gasteiger partial charge >= 0.3 is 0 Å². The monoisotopic (exact) mass is 436 g/mol. The zero-order valence-electron chi connectivity index (χ0n) is 16.6. The van der Waals surface area contributed by atoms with Gasteiger partial charge in [-0.25, -0.2) is 0 Å². The van der Waals surface area contributed by atoms with Crippen molar-refractivity contribution in [2.24, 2.45) is 0 Å². The molecule has 0 aliphatic carbocycles. The number of thioether (sulfide) groups is 1. The molecule has 1 aliphatic heterocycles. The highest BCUT2D eigenvalue weighted by atomic mass is 32.2. The molecule has 0 radical (unpaired) electrons. The van der Waals surface area contributed by atoms with Gasteiger partial charge in [0.2, 0.25) is 12.0 Å². The first-order chi connectivity index (χ1) is 15.2. The van der Waals surface area contributed by atoms with Crippen LogP contribution in [-0.4, -0.2) is 45.0 Å². The van der Waals surface area contributed by atoms with E-state index < -0.39 is 17.9 Å². The van der Waals surface area contributed by atoms with E-state index in [1.165, 1.54) is 11.8 Å². The Morgan fingerprint density at radius 3 is 2.65 bits per heavy atom. The minimum atomic E-state index is -0.891. The Labute approximate surface area is 183 Å². The van der Waals surface area contributed by atoms with E-state index in [1.807, 2.05) is 41.0 Å². The number of hydrogen-bond acceptors (Lipinski definition) is 7. The summed E-state index contributed by atoms with van der Waals surface area (Å²) in [6.45, 7) is 4.31. The molecule has 0 saturated heterocycles. The van der Waals surface area contributed by atoms with E-state index in [0.29, 0.717) is 29.0 Å². The average Bonchev–Trinajstić information content (AvgIpc) is 3.20. The third-order valence-corrected chi connectivity index (χ3v) is 5.42. The molecule has 8 nitrogen and oxygen atoms in total. The molecule has 158 valence electrons. The Balaban J connectivity index is 1.36. The molecule has 9 heteroatoms. The highest BCUT2D eigenvalue weighted by molar-refractivity contribution is 7.99. The molecular weight excluding hydrogens is 416 g/mol. The Bertz CT molecular complexity index is 1100. The summed E-state index contributed by atoms with van der Waals surface area (Å²) in [6, 6.07) is 16.7. The van der Waals surface area contributed by atoms with Gasteiger partial charge in [0.25, 0.3) is 5.91 Å². The third kappa shape index (κ3) is 4.77. The number of para-hydroxylation sites is 2. The number of nitrogens with one attached hydrogen (secondary N) is 1. The van der Waals surface area contributed by atoms with Crippen LogP contribution in [0.2, 0.25) is 0 Å². The molecule has 2 aromatic carbocycles. The van der Waals surface area contributed by atoms with Crippen LogP contribution in [0.25, 0.3) is 11.4 Å². The first-order valence-corrected chi connectivity index (χ1v) is 10.6. The number of ether oxygens (including phenoxy) is 2. The average molecular weight is 436 g/mol. The second kappa shape index (κ2) is 9.48. The van der Waals surface area contributed by atoms with Crippen LogP contribution in [0.15, 0.2) is 72.4 Å². The van der Waals surface area contributed by atoms with E-state index in [0.717, 1.165) is 5.56 Å². The molecule has 0 saturated carbocycles. The molecule has 0 fully saturated rings. The summed E-state index contributed by atoms with van der Waals surface area (Å²) in [7, 11) is 0. The maximum absolute atomic E-state index is 12.4. The van der Waals surface area contributed by atoms with Gasteiger partial charge in [0.1, 0.15) is 6.61 Å². The molecular formula is C22H20N4O4S. The maximum Gasteiger partial charge on any atom is 0.271 e. The fraction of sp³-hybridized carbons (Fsp3) is 0.182. The van der Waals surface area contributed by atoms with Crippen molar-refractivity contribution in [2.75, 3.05) is 12.4 Å². The van der Waals surface area contributed by atoms with Crippen LogP contribution >= 0.6 is 11.8 Å². The number of fused-ring (bicyclic) bond motifs is 1. The molecule has 1 atom stereocenters.